The van der Waals surface area contributed by atoms with Gasteiger partial charge in [0.25, 0.3) is 0 Å². The van der Waals surface area contributed by atoms with Gasteiger partial charge in [-0.05, 0) is 44.7 Å². The first kappa shape index (κ1) is 11.6. The molecule has 1 aliphatic rings. The summed E-state index contributed by atoms with van der Waals surface area (Å²) < 4.78 is 5.69. The molecular weight excluding hydrogens is 202 g/mol. The van der Waals surface area contributed by atoms with Crippen LogP contribution in [-0.2, 0) is 11.3 Å². The topological polar surface area (TPSA) is 49.9 Å². The molecule has 1 saturated heterocycles. The van der Waals surface area contributed by atoms with Crippen LogP contribution in [0.5, 0.6) is 0 Å². The van der Waals surface area contributed by atoms with Crippen LogP contribution >= 0.6 is 0 Å². The van der Waals surface area contributed by atoms with E-state index in [0.717, 1.165) is 25.4 Å². The van der Waals surface area contributed by atoms with Gasteiger partial charge in [-0.1, -0.05) is 0 Å². The minimum Gasteiger partial charge on any atom is -0.378 e. The molecule has 90 valence electrons. The van der Waals surface area contributed by atoms with Crippen molar-refractivity contribution in [2.24, 2.45) is 0 Å². The third-order valence-corrected chi connectivity index (χ3v) is 3.03. The molecule has 0 bridgehead atoms. The van der Waals surface area contributed by atoms with Gasteiger partial charge in [0.05, 0.1) is 6.10 Å². The summed E-state index contributed by atoms with van der Waals surface area (Å²) in [5, 5.41) is 10.3. The van der Waals surface area contributed by atoms with Crippen LogP contribution in [-0.4, -0.2) is 29.5 Å². The molecule has 0 aromatic carbocycles. The Morgan fingerprint density at radius 3 is 3.25 bits per heavy atom. The van der Waals surface area contributed by atoms with Gasteiger partial charge < -0.3 is 10.1 Å². The lowest BCUT2D eigenvalue weighted by atomic mass is 10.0. The Morgan fingerprint density at radius 2 is 2.50 bits per heavy atom. The van der Waals surface area contributed by atoms with Crippen molar-refractivity contribution in [1.82, 2.24) is 15.5 Å². The fourth-order valence-electron chi connectivity index (χ4n) is 2.10. The number of H-pyrrole nitrogens is 1. The van der Waals surface area contributed by atoms with Crippen LogP contribution in [0.15, 0.2) is 12.3 Å². The number of rotatable bonds is 6. The number of nitrogens with zero attached hydrogens (tertiary/aromatic N) is 1. The van der Waals surface area contributed by atoms with E-state index in [1.807, 2.05) is 6.07 Å². The third-order valence-electron chi connectivity index (χ3n) is 3.03. The molecule has 1 aromatic heterocycles. The molecule has 2 rings (SSSR count). The minimum atomic E-state index is 0.516. The summed E-state index contributed by atoms with van der Waals surface area (Å²) in [7, 11) is 0. The maximum absolute atomic E-state index is 5.69. The van der Waals surface area contributed by atoms with E-state index in [1.165, 1.54) is 32.1 Å². The average Bonchev–Trinajstić information content (AvgIpc) is 2.83. The smallest absolute Gasteiger partial charge is 0.0575 e. The molecule has 4 heteroatoms. The first-order chi connectivity index (χ1) is 7.95. The summed E-state index contributed by atoms with van der Waals surface area (Å²) in [6.45, 7) is 2.90. The lowest BCUT2D eigenvalue weighted by Gasteiger charge is -2.22. The van der Waals surface area contributed by atoms with E-state index in [0.29, 0.717) is 6.10 Å². The van der Waals surface area contributed by atoms with Gasteiger partial charge in [-0.15, -0.1) is 0 Å². The zero-order chi connectivity index (χ0) is 11.1. The molecule has 1 unspecified atom stereocenters. The fraction of sp³-hybridized carbons (Fsp3) is 0.750. The summed E-state index contributed by atoms with van der Waals surface area (Å²) in [6, 6.07) is 2.00. The molecule has 2 heterocycles. The molecule has 16 heavy (non-hydrogen) atoms. The first-order valence-corrected chi connectivity index (χ1v) is 6.26. The highest BCUT2D eigenvalue weighted by molar-refractivity contribution is 4.96. The van der Waals surface area contributed by atoms with Gasteiger partial charge >= 0.3 is 0 Å². The number of hydrogen-bond donors (Lipinski definition) is 2. The van der Waals surface area contributed by atoms with Gasteiger partial charge in [-0.2, -0.15) is 5.10 Å². The molecule has 1 atom stereocenters. The van der Waals surface area contributed by atoms with Crippen LogP contribution < -0.4 is 5.32 Å². The van der Waals surface area contributed by atoms with E-state index in [-0.39, 0.29) is 0 Å². The molecule has 0 saturated carbocycles. The third kappa shape index (κ3) is 3.94. The number of aromatic amines is 1. The molecule has 0 radical (unpaired) electrons. The fourth-order valence-corrected chi connectivity index (χ4v) is 2.10. The normalized spacial score (nSPS) is 21.1. The summed E-state index contributed by atoms with van der Waals surface area (Å²) in [4.78, 5) is 0. The second-order valence-corrected chi connectivity index (χ2v) is 4.39. The summed E-state index contributed by atoms with van der Waals surface area (Å²) in [5.41, 5.74) is 1.15. The van der Waals surface area contributed by atoms with Gasteiger partial charge in [0.2, 0.25) is 0 Å². The highest BCUT2D eigenvalue weighted by atomic mass is 16.5. The second-order valence-electron chi connectivity index (χ2n) is 4.39. The van der Waals surface area contributed by atoms with Crippen molar-refractivity contribution in [2.45, 2.75) is 44.8 Å². The van der Waals surface area contributed by atoms with Gasteiger partial charge in [0.15, 0.2) is 0 Å². The van der Waals surface area contributed by atoms with Crippen molar-refractivity contribution in [3.63, 3.8) is 0 Å². The number of nitrogens with one attached hydrogen (secondary N) is 2. The largest absolute Gasteiger partial charge is 0.378 e. The zero-order valence-corrected chi connectivity index (χ0v) is 9.74. The Morgan fingerprint density at radius 1 is 1.50 bits per heavy atom. The predicted octanol–water partition coefficient (Wildman–Crippen LogP) is 1.85. The standard InChI is InChI=1S/C12H21N3O/c1-2-9-16-12(4-1)5-3-7-13-10-11-6-8-14-15-11/h6,8,12-13H,1-5,7,9-10H2,(H,14,15). The van der Waals surface area contributed by atoms with E-state index in [1.54, 1.807) is 6.20 Å². The number of hydrogen-bond acceptors (Lipinski definition) is 3. The Hall–Kier alpha value is -0.870. The monoisotopic (exact) mass is 223 g/mol. The van der Waals surface area contributed by atoms with Crippen molar-refractivity contribution in [3.05, 3.63) is 18.0 Å². The van der Waals surface area contributed by atoms with Crippen molar-refractivity contribution >= 4 is 0 Å². The van der Waals surface area contributed by atoms with Gasteiger partial charge in [-0.25, -0.2) is 0 Å². The molecule has 0 aliphatic carbocycles. The molecule has 1 aliphatic heterocycles. The Kier molecular flexibility index (Phi) is 4.83. The van der Waals surface area contributed by atoms with E-state index >= 15 is 0 Å². The number of ether oxygens (including phenoxy) is 1. The van der Waals surface area contributed by atoms with Crippen molar-refractivity contribution in [3.8, 4) is 0 Å². The van der Waals surface area contributed by atoms with Crippen LogP contribution in [0, 0.1) is 0 Å². The SMILES string of the molecule is c1cc(CNCCCC2CCCCO2)[nH]n1. The summed E-state index contributed by atoms with van der Waals surface area (Å²) in [6.07, 6.45) is 8.52. The molecule has 1 fully saturated rings. The molecule has 4 nitrogen and oxygen atoms in total. The Bertz CT molecular complexity index is 268. The van der Waals surface area contributed by atoms with Crippen LogP contribution in [0.1, 0.15) is 37.8 Å². The zero-order valence-electron chi connectivity index (χ0n) is 9.74. The Balaban J connectivity index is 1.48. The van der Waals surface area contributed by atoms with E-state index < -0.39 is 0 Å². The van der Waals surface area contributed by atoms with E-state index in [4.69, 9.17) is 4.74 Å². The lowest BCUT2D eigenvalue weighted by molar-refractivity contribution is 0.0102. The summed E-state index contributed by atoms with van der Waals surface area (Å²) in [5.74, 6) is 0. The summed E-state index contributed by atoms with van der Waals surface area (Å²) >= 11 is 0. The maximum Gasteiger partial charge on any atom is 0.0575 e. The van der Waals surface area contributed by atoms with Crippen LogP contribution in [0.25, 0.3) is 0 Å². The van der Waals surface area contributed by atoms with Crippen LogP contribution in [0.4, 0.5) is 0 Å². The van der Waals surface area contributed by atoms with Gasteiger partial charge in [0, 0.05) is 25.0 Å². The highest BCUT2D eigenvalue weighted by Gasteiger charge is 2.12. The quantitative estimate of drug-likeness (QED) is 0.724. The van der Waals surface area contributed by atoms with Crippen molar-refractivity contribution in [2.75, 3.05) is 13.2 Å². The van der Waals surface area contributed by atoms with Crippen molar-refractivity contribution in [1.29, 1.82) is 0 Å². The van der Waals surface area contributed by atoms with Crippen LogP contribution in [0.3, 0.4) is 0 Å². The van der Waals surface area contributed by atoms with Crippen LogP contribution in [0.2, 0.25) is 0 Å². The molecule has 2 N–H and O–H groups in total. The number of aromatic nitrogens is 2. The predicted molar refractivity (Wildman–Crippen MR) is 63.1 cm³/mol. The van der Waals surface area contributed by atoms with E-state index in [2.05, 4.69) is 15.5 Å². The van der Waals surface area contributed by atoms with Gasteiger partial charge in [-0.3, -0.25) is 5.10 Å². The van der Waals surface area contributed by atoms with Crippen molar-refractivity contribution < 1.29 is 4.74 Å². The molecule has 0 spiro atoms. The molecular formula is C12H21N3O. The second kappa shape index (κ2) is 6.66. The minimum absolute atomic E-state index is 0.516. The average molecular weight is 223 g/mol. The first-order valence-electron chi connectivity index (χ1n) is 6.26. The molecule has 0 amide bonds. The lowest BCUT2D eigenvalue weighted by Crippen LogP contribution is -2.21. The van der Waals surface area contributed by atoms with Gasteiger partial charge in [0.1, 0.15) is 0 Å². The highest BCUT2D eigenvalue weighted by Crippen LogP contribution is 2.16. The molecule has 1 aromatic rings. The van der Waals surface area contributed by atoms with E-state index in [9.17, 15) is 0 Å². The Labute approximate surface area is 96.8 Å². The maximum atomic E-state index is 5.69.